The van der Waals surface area contributed by atoms with Gasteiger partial charge in [0.1, 0.15) is 6.61 Å². The van der Waals surface area contributed by atoms with Crippen molar-refractivity contribution in [2.24, 2.45) is 0 Å². The van der Waals surface area contributed by atoms with Crippen LogP contribution in [0.4, 0.5) is 0 Å². The van der Waals surface area contributed by atoms with Gasteiger partial charge in [0.25, 0.3) is 0 Å². The molecule has 1 heterocycles. The molecule has 0 aliphatic carbocycles. The smallest absolute Gasteiger partial charge is 0.166 e. The molecule has 1 N–H and O–H groups in total. The predicted octanol–water partition coefficient (Wildman–Crippen LogP) is 4.39. The van der Waals surface area contributed by atoms with E-state index in [-0.39, 0.29) is 0 Å². The number of halogens is 2. The molecule has 0 saturated carbocycles. The number of hydrogen-bond acceptors (Lipinski definition) is 5. The molecule has 3 rings (SSSR count). The number of benzene rings is 2. The van der Waals surface area contributed by atoms with Crippen molar-refractivity contribution < 1.29 is 14.2 Å². The normalized spacial score (nSPS) is 14.7. The van der Waals surface area contributed by atoms with Crippen molar-refractivity contribution in [3.63, 3.8) is 0 Å². The van der Waals surface area contributed by atoms with Crippen molar-refractivity contribution in [2.45, 2.75) is 19.6 Å². The van der Waals surface area contributed by atoms with Crippen molar-refractivity contribution in [1.29, 1.82) is 0 Å². The third-order valence-electron chi connectivity index (χ3n) is 4.91. The van der Waals surface area contributed by atoms with Crippen LogP contribution in [0.25, 0.3) is 0 Å². The van der Waals surface area contributed by atoms with Gasteiger partial charge in [-0.15, -0.1) is 0 Å². The van der Waals surface area contributed by atoms with Crippen LogP contribution in [0, 0.1) is 0 Å². The van der Waals surface area contributed by atoms with E-state index in [1.807, 2.05) is 24.3 Å². The van der Waals surface area contributed by atoms with Gasteiger partial charge in [-0.1, -0.05) is 41.4 Å². The molecular weight excluding hydrogens is 411 g/mol. The topological polar surface area (TPSA) is 43.0 Å². The maximum atomic E-state index is 6.27. The van der Waals surface area contributed by atoms with Gasteiger partial charge in [-0.3, -0.25) is 4.90 Å². The fourth-order valence-corrected chi connectivity index (χ4v) is 3.75. The lowest BCUT2D eigenvalue weighted by atomic mass is 10.1. The number of rotatable bonds is 10. The number of para-hydroxylation sites is 1. The molecule has 1 saturated heterocycles. The Morgan fingerprint density at radius 2 is 1.93 bits per heavy atom. The lowest BCUT2D eigenvalue weighted by Crippen LogP contribution is -2.37. The minimum Gasteiger partial charge on any atom is -0.493 e. The first kappa shape index (κ1) is 22.2. The summed E-state index contributed by atoms with van der Waals surface area (Å²) < 4.78 is 17.0. The van der Waals surface area contributed by atoms with Crippen molar-refractivity contribution in [3.8, 4) is 11.5 Å². The molecule has 0 amide bonds. The van der Waals surface area contributed by atoms with E-state index in [1.165, 1.54) is 0 Å². The molecule has 29 heavy (non-hydrogen) atoms. The number of hydrogen-bond donors (Lipinski definition) is 1. The van der Waals surface area contributed by atoms with Crippen molar-refractivity contribution >= 4 is 23.2 Å². The molecule has 1 aliphatic heterocycles. The predicted molar refractivity (Wildman–Crippen MR) is 117 cm³/mol. The van der Waals surface area contributed by atoms with E-state index < -0.39 is 0 Å². The molecule has 5 nitrogen and oxygen atoms in total. The zero-order valence-corrected chi connectivity index (χ0v) is 18.3. The average Bonchev–Trinajstić information content (AvgIpc) is 2.74. The van der Waals surface area contributed by atoms with Gasteiger partial charge in [0.05, 0.1) is 20.3 Å². The van der Waals surface area contributed by atoms with Crippen LogP contribution in [0.1, 0.15) is 17.5 Å². The zero-order valence-electron chi connectivity index (χ0n) is 16.8. The Balaban J connectivity index is 1.54. The second-order valence-corrected chi connectivity index (χ2v) is 7.80. The van der Waals surface area contributed by atoms with Crippen molar-refractivity contribution in [3.05, 3.63) is 57.6 Å². The maximum absolute atomic E-state index is 6.27. The Kier molecular flexibility index (Phi) is 8.90. The highest BCUT2D eigenvalue weighted by atomic mass is 35.5. The van der Waals surface area contributed by atoms with E-state index in [0.717, 1.165) is 62.7 Å². The van der Waals surface area contributed by atoms with Crippen molar-refractivity contribution in [1.82, 2.24) is 10.2 Å². The van der Waals surface area contributed by atoms with E-state index in [4.69, 9.17) is 37.4 Å². The Morgan fingerprint density at radius 1 is 1.10 bits per heavy atom. The summed E-state index contributed by atoms with van der Waals surface area (Å²) in [4.78, 5) is 2.45. The van der Waals surface area contributed by atoms with Crippen LogP contribution in [-0.2, 0) is 17.9 Å². The van der Waals surface area contributed by atoms with Crippen LogP contribution in [0.3, 0.4) is 0 Å². The van der Waals surface area contributed by atoms with E-state index in [9.17, 15) is 0 Å². The Morgan fingerprint density at radius 3 is 2.69 bits per heavy atom. The van der Waals surface area contributed by atoms with E-state index in [0.29, 0.717) is 28.9 Å². The van der Waals surface area contributed by atoms with Crippen LogP contribution in [0.5, 0.6) is 11.5 Å². The molecular formula is C22H28Cl2N2O3. The van der Waals surface area contributed by atoms with Crippen molar-refractivity contribution in [2.75, 3.05) is 46.5 Å². The van der Waals surface area contributed by atoms with Gasteiger partial charge in [0, 0.05) is 40.8 Å². The SMILES string of the molecule is COc1cccc(CNCCCN2CCOCC2)c1OCc1ccc(Cl)cc1Cl. The maximum Gasteiger partial charge on any atom is 0.166 e. The van der Waals surface area contributed by atoms with Gasteiger partial charge in [-0.25, -0.2) is 0 Å². The van der Waals surface area contributed by atoms with Crippen LogP contribution in [-0.4, -0.2) is 51.4 Å². The first-order valence-corrected chi connectivity index (χ1v) is 10.7. The minimum atomic E-state index is 0.348. The van der Waals surface area contributed by atoms with Gasteiger partial charge < -0.3 is 19.5 Å². The highest BCUT2D eigenvalue weighted by Gasteiger charge is 2.13. The monoisotopic (exact) mass is 438 g/mol. The highest BCUT2D eigenvalue weighted by Crippen LogP contribution is 2.32. The van der Waals surface area contributed by atoms with Gasteiger partial charge in [-0.05, 0) is 37.7 Å². The average molecular weight is 439 g/mol. The Labute approximate surface area is 182 Å². The summed E-state index contributed by atoms with van der Waals surface area (Å²) in [5, 5.41) is 4.72. The number of methoxy groups -OCH3 is 1. The van der Waals surface area contributed by atoms with E-state index >= 15 is 0 Å². The fourth-order valence-electron chi connectivity index (χ4n) is 3.29. The second kappa shape index (κ2) is 11.6. The molecule has 0 bridgehead atoms. The lowest BCUT2D eigenvalue weighted by molar-refractivity contribution is 0.0374. The molecule has 0 atom stereocenters. The Bertz CT molecular complexity index is 783. The summed E-state index contributed by atoms with van der Waals surface area (Å²) in [6.45, 7) is 6.84. The number of nitrogens with one attached hydrogen (secondary N) is 1. The Hall–Kier alpha value is -1.50. The standard InChI is InChI=1S/C22H28Cl2N2O3/c1-27-21-5-2-4-17(15-25-8-3-9-26-10-12-28-13-11-26)22(21)29-16-18-6-7-19(23)14-20(18)24/h2,4-7,14,25H,3,8-13,15-16H2,1H3. The van der Waals surface area contributed by atoms with E-state index in [1.54, 1.807) is 13.2 Å². The third kappa shape index (κ3) is 6.76. The van der Waals surface area contributed by atoms with Crippen LogP contribution < -0.4 is 14.8 Å². The van der Waals surface area contributed by atoms with Crippen LogP contribution in [0.15, 0.2) is 36.4 Å². The number of morpholine rings is 1. The second-order valence-electron chi connectivity index (χ2n) is 6.96. The zero-order chi connectivity index (χ0) is 20.5. The molecule has 158 valence electrons. The summed E-state index contributed by atoms with van der Waals surface area (Å²) in [6, 6.07) is 11.3. The number of ether oxygens (including phenoxy) is 3. The van der Waals surface area contributed by atoms with E-state index in [2.05, 4.69) is 16.3 Å². The summed E-state index contributed by atoms with van der Waals surface area (Å²) in [5.74, 6) is 1.45. The summed E-state index contributed by atoms with van der Waals surface area (Å²) in [5.41, 5.74) is 1.94. The molecule has 2 aromatic carbocycles. The van der Waals surface area contributed by atoms with Gasteiger partial charge in [-0.2, -0.15) is 0 Å². The molecule has 2 aromatic rings. The lowest BCUT2D eigenvalue weighted by Gasteiger charge is -2.26. The molecule has 0 unspecified atom stereocenters. The highest BCUT2D eigenvalue weighted by molar-refractivity contribution is 6.35. The first-order chi connectivity index (χ1) is 14.2. The quantitative estimate of drug-likeness (QED) is 0.557. The summed E-state index contributed by atoms with van der Waals surface area (Å²) in [7, 11) is 1.65. The largest absolute Gasteiger partial charge is 0.493 e. The molecule has 0 spiro atoms. The molecule has 1 fully saturated rings. The van der Waals surface area contributed by atoms with Gasteiger partial charge in [0.2, 0.25) is 0 Å². The number of nitrogens with zero attached hydrogens (tertiary/aromatic N) is 1. The molecule has 1 aliphatic rings. The molecule has 7 heteroatoms. The fraction of sp³-hybridized carbons (Fsp3) is 0.455. The summed E-state index contributed by atoms with van der Waals surface area (Å²) >= 11 is 12.2. The molecule has 0 aromatic heterocycles. The van der Waals surface area contributed by atoms with Crippen LogP contribution >= 0.6 is 23.2 Å². The van der Waals surface area contributed by atoms with Gasteiger partial charge in [0.15, 0.2) is 11.5 Å². The first-order valence-electron chi connectivity index (χ1n) is 9.91. The summed E-state index contributed by atoms with van der Waals surface area (Å²) in [6.07, 6.45) is 1.10. The minimum absolute atomic E-state index is 0.348. The van der Waals surface area contributed by atoms with Gasteiger partial charge >= 0.3 is 0 Å². The third-order valence-corrected chi connectivity index (χ3v) is 5.50. The molecule has 0 radical (unpaired) electrons. The van der Waals surface area contributed by atoms with Crippen LogP contribution in [0.2, 0.25) is 10.0 Å².